The van der Waals surface area contributed by atoms with Crippen molar-refractivity contribution in [2.24, 2.45) is 0 Å². The molecule has 1 heterocycles. The third kappa shape index (κ3) is 2.87. The van der Waals surface area contributed by atoms with Crippen LogP contribution in [0.5, 0.6) is 5.88 Å². The van der Waals surface area contributed by atoms with Crippen molar-refractivity contribution in [3.63, 3.8) is 0 Å². The van der Waals surface area contributed by atoms with E-state index in [0.29, 0.717) is 5.56 Å². The fourth-order valence-corrected chi connectivity index (χ4v) is 0.990. The van der Waals surface area contributed by atoms with Gasteiger partial charge in [-0.3, -0.25) is 0 Å². The van der Waals surface area contributed by atoms with E-state index in [1.807, 2.05) is 0 Å². The Hall–Kier alpha value is -1.72. The molecule has 1 aromatic heterocycles. The lowest BCUT2D eigenvalue weighted by atomic mass is 10.1. The van der Waals surface area contributed by atoms with Crippen LogP contribution in [0.2, 0.25) is 0 Å². The van der Waals surface area contributed by atoms with E-state index < -0.39 is 12.6 Å². The van der Waals surface area contributed by atoms with Crippen LogP contribution in [-0.2, 0) is 4.74 Å². The standard InChI is InChI=1S/C9H9F2NO3/c1-5-4-12-7(15-9(10)11)3-6(5)8(13)14-2/h3-4,9H,1-2H3. The largest absolute Gasteiger partial charge is 0.465 e. The normalized spacial score (nSPS) is 10.2. The number of alkyl halides is 2. The molecular formula is C9H9F2NO3. The van der Waals surface area contributed by atoms with Gasteiger partial charge < -0.3 is 9.47 Å². The maximum Gasteiger partial charge on any atom is 0.388 e. The van der Waals surface area contributed by atoms with Gasteiger partial charge in [0.2, 0.25) is 5.88 Å². The summed E-state index contributed by atoms with van der Waals surface area (Å²) in [6, 6.07) is 1.12. The maximum atomic E-state index is 11.9. The molecule has 0 bridgehead atoms. The van der Waals surface area contributed by atoms with Crippen LogP contribution in [-0.4, -0.2) is 24.7 Å². The molecule has 0 atom stereocenters. The number of esters is 1. The van der Waals surface area contributed by atoms with Gasteiger partial charge in [0.25, 0.3) is 0 Å². The summed E-state index contributed by atoms with van der Waals surface area (Å²) in [6.45, 7) is -1.35. The van der Waals surface area contributed by atoms with Crippen molar-refractivity contribution in [3.8, 4) is 5.88 Å². The number of halogens is 2. The first-order chi connectivity index (χ1) is 7.04. The highest BCUT2D eigenvalue weighted by Gasteiger charge is 2.13. The first-order valence-corrected chi connectivity index (χ1v) is 4.04. The van der Waals surface area contributed by atoms with Gasteiger partial charge in [-0.1, -0.05) is 0 Å². The number of carbonyl (C=O) groups excluding carboxylic acids is 1. The summed E-state index contributed by atoms with van der Waals surface area (Å²) in [5.41, 5.74) is 0.687. The summed E-state index contributed by atoms with van der Waals surface area (Å²) in [5, 5.41) is 0. The quantitative estimate of drug-likeness (QED) is 0.724. The van der Waals surface area contributed by atoms with Crippen molar-refractivity contribution >= 4 is 5.97 Å². The Kier molecular flexibility index (Phi) is 3.54. The lowest BCUT2D eigenvalue weighted by Gasteiger charge is -2.06. The molecule has 0 radical (unpaired) electrons. The fraction of sp³-hybridized carbons (Fsp3) is 0.333. The average molecular weight is 217 g/mol. The summed E-state index contributed by atoms with van der Waals surface area (Å²) in [6.07, 6.45) is 1.27. The molecule has 0 spiro atoms. The Morgan fingerprint density at radius 2 is 2.20 bits per heavy atom. The predicted molar refractivity (Wildman–Crippen MR) is 46.9 cm³/mol. The third-order valence-electron chi connectivity index (χ3n) is 1.69. The minimum Gasteiger partial charge on any atom is -0.465 e. The second kappa shape index (κ2) is 4.68. The van der Waals surface area contributed by atoms with Crippen molar-refractivity contribution in [1.82, 2.24) is 4.98 Å². The number of hydrogen-bond acceptors (Lipinski definition) is 4. The molecule has 0 aliphatic rings. The molecule has 0 aliphatic heterocycles. The highest BCUT2D eigenvalue weighted by molar-refractivity contribution is 5.91. The van der Waals surface area contributed by atoms with Crippen LogP contribution in [0.3, 0.4) is 0 Å². The molecule has 0 saturated heterocycles. The van der Waals surface area contributed by atoms with E-state index >= 15 is 0 Å². The molecule has 1 rings (SSSR count). The smallest absolute Gasteiger partial charge is 0.388 e. The Balaban J connectivity index is 3.00. The summed E-state index contributed by atoms with van der Waals surface area (Å²) in [5.74, 6) is -0.926. The number of aromatic nitrogens is 1. The maximum absolute atomic E-state index is 11.9. The third-order valence-corrected chi connectivity index (χ3v) is 1.69. The number of pyridine rings is 1. The minimum atomic E-state index is -2.97. The molecule has 1 aromatic rings. The van der Waals surface area contributed by atoms with Crippen LogP contribution < -0.4 is 4.74 Å². The number of rotatable bonds is 3. The SMILES string of the molecule is COC(=O)c1cc(OC(F)F)ncc1C. The Morgan fingerprint density at radius 3 is 2.73 bits per heavy atom. The molecular weight excluding hydrogens is 208 g/mol. The first-order valence-electron chi connectivity index (χ1n) is 4.04. The zero-order valence-corrected chi connectivity index (χ0v) is 8.16. The second-order valence-corrected chi connectivity index (χ2v) is 2.71. The van der Waals surface area contributed by atoms with Crippen LogP contribution in [0.25, 0.3) is 0 Å². The van der Waals surface area contributed by atoms with E-state index in [2.05, 4.69) is 14.5 Å². The summed E-state index contributed by atoms with van der Waals surface area (Å²) in [7, 11) is 1.20. The fourth-order valence-electron chi connectivity index (χ4n) is 0.990. The van der Waals surface area contributed by atoms with Crippen LogP contribution >= 0.6 is 0 Å². The lowest BCUT2D eigenvalue weighted by molar-refractivity contribution is -0.0529. The molecule has 0 aliphatic carbocycles. The summed E-state index contributed by atoms with van der Waals surface area (Å²) < 4.78 is 32.2. The van der Waals surface area contributed by atoms with E-state index in [0.717, 1.165) is 6.07 Å². The number of aryl methyl sites for hydroxylation is 1. The molecule has 0 amide bonds. The summed E-state index contributed by atoms with van der Waals surface area (Å²) >= 11 is 0. The Labute approximate surface area is 84.8 Å². The van der Waals surface area contributed by atoms with Crippen LogP contribution in [0, 0.1) is 6.92 Å². The van der Waals surface area contributed by atoms with E-state index in [1.165, 1.54) is 13.3 Å². The molecule has 0 unspecified atom stereocenters. The molecule has 0 fully saturated rings. The second-order valence-electron chi connectivity index (χ2n) is 2.71. The Bertz CT molecular complexity index is 368. The summed E-state index contributed by atoms with van der Waals surface area (Å²) in [4.78, 5) is 14.8. The van der Waals surface area contributed by atoms with Crippen molar-refractivity contribution in [2.45, 2.75) is 13.5 Å². The van der Waals surface area contributed by atoms with Gasteiger partial charge in [-0.05, 0) is 12.5 Å². The average Bonchev–Trinajstić information content (AvgIpc) is 2.19. The molecule has 82 valence electrons. The van der Waals surface area contributed by atoms with E-state index in [4.69, 9.17) is 0 Å². The molecule has 6 heteroatoms. The number of nitrogens with zero attached hydrogens (tertiary/aromatic N) is 1. The van der Waals surface area contributed by atoms with E-state index in [9.17, 15) is 13.6 Å². The van der Waals surface area contributed by atoms with Gasteiger partial charge in [0.15, 0.2) is 0 Å². The van der Waals surface area contributed by atoms with Crippen LogP contribution in [0.1, 0.15) is 15.9 Å². The van der Waals surface area contributed by atoms with E-state index in [1.54, 1.807) is 6.92 Å². The van der Waals surface area contributed by atoms with Crippen LogP contribution in [0.4, 0.5) is 8.78 Å². The number of methoxy groups -OCH3 is 1. The monoisotopic (exact) mass is 217 g/mol. The van der Waals surface area contributed by atoms with Crippen molar-refractivity contribution in [3.05, 3.63) is 23.4 Å². The number of ether oxygens (including phenoxy) is 2. The predicted octanol–water partition coefficient (Wildman–Crippen LogP) is 1.78. The topological polar surface area (TPSA) is 48.4 Å². The lowest BCUT2D eigenvalue weighted by Crippen LogP contribution is -2.08. The van der Waals surface area contributed by atoms with Gasteiger partial charge in [-0.15, -0.1) is 0 Å². The van der Waals surface area contributed by atoms with Crippen molar-refractivity contribution in [1.29, 1.82) is 0 Å². The van der Waals surface area contributed by atoms with Crippen molar-refractivity contribution < 1.29 is 23.0 Å². The zero-order valence-electron chi connectivity index (χ0n) is 8.16. The molecule has 0 N–H and O–H groups in total. The zero-order chi connectivity index (χ0) is 11.4. The number of carbonyl (C=O) groups is 1. The van der Waals surface area contributed by atoms with Gasteiger partial charge in [0.05, 0.1) is 12.7 Å². The van der Waals surface area contributed by atoms with Crippen LogP contribution in [0.15, 0.2) is 12.3 Å². The number of hydrogen-bond donors (Lipinski definition) is 0. The highest BCUT2D eigenvalue weighted by Crippen LogP contribution is 2.16. The molecule has 4 nitrogen and oxygen atoms in total. The van der Waals surface area contributed by atoms with Gasteiger partial charge >= 0.3 is 12.6 Å². The minimum absolute atomic E-state index is 0.156. The van der Waals surface area contributed by atoms with Gasteiger partial charge in [-0.2, -0.15) is 8.78 Å². The van der Waals surface area contributed by atoms with Gasteiger partial charge in [-0.25, -0.2) is 9.78 Å². The van der Waals surface area contributed by atoms with E-state index in [-0.39, 0.29) is 11.4 Å². The van der Waals surface area contributed by atoms with Crippen molar-refractivity contribution in [2.75, 3.05) is 7.11 Å². The Morgan fingerprint density at radius 1 is 1.53 bits per heavy atom. The first kappa shape index (κ1) is 11.4. The van der Waals surface area contributed by atoms with Gasteiger partial charge in [0, 0.05) is 12.3 Å². The molecule has 0 aromatic carbocycles. The van der Waals surface area contributed by atoms with Gasteiger partial charge in [0.1, 0.15) is 0 Å². The highest BCUT2D eigenvalue weighted by atomic mass is 19.3. The molecule has 15 heavy (non-hydrogen) atoms. The molecule has 0 saturated carbocycles.